The molecule has 88 valence electrons. The SMILES string of the molecule is Cc1c(Br)cnc(N2CCN(C)CC2)c1N. The van der Waals surface area contributed by atoms with Crippen LogP contribution in [0, 0.1) is 6.92 Å². The third-order valence-electron chi connectivity index (χ3n) is 3.11. The standard InChI is InChI=1S/C11H17BrN4/c1-8-9(12)7-14-11(10(8)13)16-5-3-15(2)4-6-16/h7H,3-6,13H2,1-2H3. The van der Waals surface area contributed by atoms with Gasteiger partial charge in [0, 0.05) is 36.8 Å². The molecule has 1 aliphatic heterocycles. The molecule has 0 radical (unpaired) electrons. The number of halogens is 1. The molecule has 2 N–H and O–H groups in total. The first-order valence-electron chi connectivity index (χ1n) is 5.43. The molecule has 1 aliphatic rings. The Morgan fingerprint density at radius 1 is 1.31 bits per heavy atom. The van der Waals surface area contributed by atoms with E-state index in [-0.39, 0.29) is 0 Å². The van der Waals surface area contributed by atoms with Crippen LogP contribution in [0.15, 0.2) is 10.7 Å². The lowest BCUT2D eigenvalue weighted by Gasteiger charge is -2.34. The largest absolute Gasteiger partial charge is 0.395 e. The lowest BCUT2D eigenvalue weighted by molar-refractivity contribution is 0.312. The predicted octanol–water partition coefficient (Wildman–Crippen LogP) is 1.49. The Kier molecular flexibility index (Phi) is 3.35. The number of piperazine rings is 1. The van der Waals surface area contributed by atoms with Crippen molar-refractivity contribution in [1.82, 2.24) is 9.88 Å². The summed E-state index contributed by atoms with van der Waals surface area (Å²) in [6.07, 6.45) is 1.83. The number of rotatable bonds is 1. The molecule has 1 aromatic heterocycles. The number of nitrogens with two attached hydrogens (primary N) is 1. The van der Waals surface area contributed by atoms with Crippen LogP contribution in [0.25, 0.3) is 0 Å². The first-order chi connectivity index (χ1) is 7.59. The van der Waals surface area contributed by atoms with Crippen LogP contribution < -0.4 is 10.6 Å². The van der Waals surface area contributed by atoms with Gasteiger partial charge in [0.25, 0.3) is 0 Å². The highest BCUT2D eigenvalue weighted by Gasteiger charge is 2.18. The van der Waals surface area contributed by atoms with Gasteiger partial charge in [-0.1, -0.05) is 0 Å². The second-order valence-corrected chi connectivity index (χ2v) is 5.11. The molecule has 1 fully saturated rings. The zero-order valence-electron chi connectivity index (χ0n) is 9.70. The summed E-state index contributed by atoms with van der Waals surface area (Å²) >= 11 is 3.44. The van der Waals surface area contributed by atoms with Gasteiger partial charge >= 0.3 is 0 Å². The molecule has 0 bridgehead atoms. The fourth-order valence-electron chi connectivity index (χ4n) is 1.85. The average Bonchev–Trinajstić information content (AvgIpc) is 2.28. The van der Waals surface area contributed by atoms with Gasteiger partial charge in [-0.2, -0.15) is 0 Å². The fraction of sp³-hybridized carbons (Fsp3) is 0.545. The molecule has 0 atom stereocenters. The topological polar surface area (TPSA) is 45.4 Å². The van der Waals surface area contributed by atoms with Crippen LogP contribution in [0.2, 0.25) is 0 Å². The highest BCUT2D eigenvalue weighted by molar-refractivity contribution is 9.10. The van der Waals surface area contributed by atoms with Crippen molar-refractivity contribution in [2.24, 2.45) is 0 Å². The molecule has 5 heteroatoms. The second kappa shape index (κ2) is 4.59. The van der Waals surface area contributed by atoms with E-state index in [0.29, 0.717) is 0 Å². The smallest absolute Gasteiger partial charge is 0.152 e. The van der Waals surface area contributed by atoms with Gasteiger partial charge in [-0.25, -0.2) is 4.98 Å². The molecule has 16 heavy (non-hydrogen) atoms. The quantitative estimate of drug-likeness (QED) is 0.849. The van der Waals surface area contributed by atoms with Crippen molar-refractivity contribution in [3.63, 3.8) is 0 Å². The number of hydrogen-bond donors (Lipinski definition) is 1. The van der Waals surface area contributed by atoms with E-state index in [0.717, 1.165) is 47.7 Å². The van der Waals surface area contributed by atoms with Gasteiger partial charge in [0.15, 0.2) is 5.82 Å². The molecule has 1 saturated heterocycles. The van der Waals surface area contributed by atoms with Crippen LogP contribution in [0.5, 0.6) is 0 Å². The van der Waals surface area contributed by atoms with E-state index in [1.54, 1.807) is 0 Å². The minimum Gasteiger partial charge on any atom is -0.395 e. The molecule has 4 nitrogen and oxygen atoms in total. The van der Waals surface area contributed by atoms with E-state index in [4.69, 9.17) is 5.73 Å². The second-order valence-electron chi connectivity index (χ2n) is 4.26. The maximum absolute atomic E-state index is 6.10. The lowest BCUT2D eigenvalue weighted by Crippen LogP contribution is -2.45. The Hall–Kier alpha value is -0.810. The molecule has 2 heterocycles. The van der Waals surface area contributed by atoms with Gasteiger partial charge in [-0.05, 0) is 35.5 Å². The number of pyridine rings is 1. The van der Waals surface area contributed by atoms with Gasteiger partial charge in [0.05, 0.1) is 5.69 Å². The summed E-state index contributed by atoms with van der Waals surface area (Å²) in [7, 11) is 2.14. The molecular weight excluding hydrogens is 268 g/mol. The molecule has 0 amide bonds. The number of aromatic nitrogens is 1. The lowest BCUT2D eigenvalue weighted by atomic mass is 10.2. The first-order valence-corrected chi connectivity index (χ1v) is 6.23. The Balaban J connectivity index is 2.24. The van der Waals surface area contributed by atoms with Crippen molar-refractivity contribution >= 4 is 27.4 Å². The van der Waals surface area contributed by atoms with E-state index in [1.807, 2.05) is 13.1 Å². The van der Waals surface area contributed by atoms with Gasteiger partial charge in [0.2, 0.25) is 0 Å². The summed E-state index contributed by atoms with van der Waals surface area (Å²) in [5, 5.41) is 0. The Bertz CT molecular complexity index is 386. The number of nitrogen functional groups attached to an aromatic ring is 1. The van der Waals surface area contributed by atoms with E-state index < -0.39 is 0 Å². The normalized spacial score (nSPS) is 17.8. The van der Waals surface area contributed by atoms with Gasteiger partial charge in [-0.15, -0.1) is 0 Å². The first kappa shape index (κ1) is 11.7. The monoisotopic (exact) mass is 284 g/mol. The maximum Gasteiger partial charge on any atom is 0.152 e. The van der Waals surface area contributed by atoms with Crippen LogP contribution >= 0.6 is 15.9 Å². The summed E-state index contributed by atoms with van der Waals surface area (Å²) in [6, 6.07) is 0. The minimum atomic E-state index is 0.791. The minimum absolute atomic E-state index is 0.791. The summed E-state index contributed by atoms with van der Waals surface area (Å²) in [5.41, 5.74) is 7.96. The molecule has 0 aliphatic carbocycles. The van der Waals surface area contributed by atoms with Gasteiger partial charge < -0.3 is 15.5 Å². The summed E-state index contributed by atoms with van der Waals surface area (Å²) < 4.78 is 0.975. The summed E-state index contributed by atoms with van der Waals surface area (Å²) in [6.45, 7) is 6.14. The predicted molar refractivity (Wildman–Crippen MR) is 70.8 cm³/mol. The van der Waals surface area contributed by atoms with Crippen molar-refractivity contribution < 1.29 is 0 Å². The number of nitrogens with zero attached hydrogens (tertiary/aromatic N) is 3. The van der Waals surface area contributed by atoms with Crippen LogP contribution in [0.4, 0.5) is 11.5 Å². The van der Waals surface area contributed by atoms with Crippen molar-refractivity contribution in [1.29, 1.82) is 0 Å². The molecular formula is C11H17BrN4. The number of hydrogen-bond acceptors (Lipinski definition) is 4. The molecule has 1 aromatic rings. The maximum atomic E-state index is 6.10. The third-order valence-corrected chi connectivity index (χ3v) is 3.91. The molecule has 0 saturated carbocycles. The van der Waals surface area contributed by atoms with Gasteiger partial charge in [0.1, 0.15) is 0 Å². The molecule has 0 spiro atoms. The van der Waals surface area contributed by atoms with E-state index in [9.17, 15) is 0 Å². The number of anilines is 2. The van der Waals surface area contributed by atoms with Crippen LogP contribution in [-0.2, 0) is 0 Å². The van der Waals surface area contributed by atoms with Crippen LogP contribution in [0.3, 0.4) is 0 Å². The molecule has 2 rings (SSSR count). The average molecular weight is 285 g/mol. The van der Waals surface area contributed by atoms with E-state index >= 15 is 0 Å². The van der Waals surface area contributed by atoms with Crippen LogP contribution in [0.1, 0.15) is 5.56 Å². The van der Waals surface area contributed by atoms with Crippen molar-refractivity contribution in [3.8, 4) is 0 Å². The third kappa shape index (κ3) is 2.15. The zero-order chi connectivity index (χ0) is 11.7. The van der Waals surface area contributed by atoms with Crippen molar-refractivity contribution in [3.05, 3.63) is 16.2 Å². The summed E-state index contributed by atoms with van der Waals surface area (Å²) in [5.74, 6) is 0.925. The molecule has 0 aromatic carbocycles. The highest BCUT2D eigenvalue weighted by Crippen LogP contribution is 2.29. The van der Waals surface area contributed by atoms with Crippen molar-refractivity contribution in [2.75, 3.05) is 43.9 Å². The van der Waals surface area contributed by atoms with Crippen molar-refractivity contribution in [2.45, 2.75) is 6.92 Å². The van der Waals surface area contributed by atoms with Gasteiger partial charge in [-0.3, -0.25) is 0 Å². The Labute approximate surface area is 105 Å². The molecule has 0 unspecified atom stereocenters. The van der Waals surface area contributed by atoms with Crippen LogP contribution in [-0.4, -0.2) is 43.1 Å². The fourth-order valence-corrected chi connectivity index (χ4v) is 2.17. The highest BCUT2D eigenvalue weighted by atomic mass is 79.9. The Morgan fingerprint density at radius 2 is 1.94 bits per heavy atom. The van der Waals surface area contributed by atoms with E-state index in [2.05, 4.69) is 37.8 Å². The Morgan fingerprint density at radius 3 is 2.56 bits per heavy atom. The summed E-state index contributed by atoms with van der Waals surface area (Å²) in [4.78, 5) is 9.00. The number of likely N-dealkylation sites (N-methyl/N-ethyl adjacent to an activating group) is 1. The zero-order valence-corrected chi connectivity index (χ0v) is 11.3. The van der Waals surface area contributed by atoms with E-state index in [1.165, 1.54) is 0 Å².